The fraction of sp³-hybridized carbons (Fsp3) is 0.227. The molecule has 7 nitrogen and oxygen atoms in total. The van der Waals surface area contributed by atoms with E-state index in [0.717, 1.165) is 24.3 Å². The van der Waals surface area contributed by atoms with E-state index in [1.54, 1.807) is 38.5 Å². The molecule has 1 aromatic heterocycles. The minimum Gasteiger partial charge on any atom is -0.497 e. The van der Waals surface area contributed by atoms with Crippen molar-refractivity contribution in [2.24, 2.45) is 0 Å². The van der Waals surface area contributed by atoms with Gasteiger partial charge in [0.2, 0.25) is 5.95 Å². The molecule has 1 N–H and O–H groups in total. The van der Waals surface area contributed by atoms with Crippen LogP contribution in [0.4, 0.5) is 17.3 Å². The molecule has 2 heterocycles. The van der Waals surface area contributed by atoms with Crippen molar-refractivity contribution in [2.75, 3.05) is 31.0 Å². The van der Waals surface area contributed by atoms with Crippen LogP contribution < -0.4 is 19.7 Å². The fourth-order valence-electron chi connectivity index (χ4n) is 3.42. The number of nitrogens with zero attached hydrogens (tertiary/aromatic N) is 3. The van der Waals surface area contributed by atoms with Crippen LogP contribution in [0.15, 0.2) is 48.5 Å². The lowest BCUT2D eigenvalue weighted by Gasteiger charge is -2.18. The highest BCUT2D eigenvalue weighted by Crippen LogP contribution is 2.33. The van der Waals surface area contributed by atoms with E-state index in [9.17, 15) is 4.79 Å². The van der Waals surface area contributed by atoms with E-state index >= 15 is 0 Å². The van der Waals surface area contributed by atoms with Gasteiger partial charge in [0.15, 0.2) is 0 Å². The Morgan fingerprint density at radius 2 is 1.90 bits per heavy atom. The van der Waals surface area contributed by atoms with Crippen LogP contribution >= 0.6 is 0 Å². The van der Waals surface area contributed by atoms with E-state index in [4.69, 9.17) is 9.47 Å². The molecule has 0 atom stereocenters. The molecular weight excluding hydrogens is 368 g/mol. The third-order valence-corrected chi connectivity index (χ3v) is 4.86. The van der Waals surface area contributed by atoms with Crippen LogP contribution in [0, 0.1) is 6.92 Å². The number of nitrogens with one attached hydrogen (secondary N) is 1. The van der Waals surface area contributed by atoms with Gasteiger partial charge in [-0.15, -0.1) is 0 Å². The topological polar surface area (TPSA) is 76.6 Å². The van der Waals surface area contributed by atoms with Crippen LogP contribution in [0.1, 0.15) is 21.7 Å². The number of aryl methyl sites for hydroxylation is 1. The first-order valence-electron chi connectivity index (χ1n) is 9.33. The highest BCUT2D eigenvalue weighted by atomic mass is 16.5. The quantitative estimate of drug-likeness (QED) is 0.715. The predicted octanol–water partition coefficient (Wildman–Crippen LogP) is 3.75. The zero-order valence-corrected chi connectivity index (χ0v) is 16.6. The molecule has 0 saturated heterocycles. The lowest BCUT2D eigenvalue weighted by molar-refractivity contribution is 0.102. The summed E-state index contributed by atoms with van der Waals surface area (Å²) in [7, 11) is 3.12. The van der Waals surface area contributed by atoms with E-state index in [1.807, 2.05) is 24.0 Å². The number of methoxy groups -OCH3 is 2. The summed E-state index contributed by atoms with van der Waals surface area (Å²) in [5.74, 6) is 1.36. The zero-order chi connectivity index (χ0) is 20.4. The van der Waals surface area contributed by atoms with Crippen molar-refractivity contribution < 1.29 is 14.3 Å². The molecular formula is C22H22N4O3. The highest BCUT2D eigenvalue weighted by Gasteiger charge is 2.23. The second-order valence-electron chi connectivity index (χ2n) is 6.75. The predicted molar refractivity (Wildman–Crippen MR) is 111 cm³/mol. The second kappa shape index (κ2) is 7.79. The SMILES string of the molecule is COc1ccc(NC(=O)c2cc(C)nc(N3CCc4ccccc43)n2)c(OC)c1. The number of hydrogen-bond donors (Lipinski definition) is 1. The molecule has 0 spiro atoms. The number of anilines is 3. The van der Waals surface area contributed by atoms with Gasteiger partial charge in [0.1, 0.15) is 17.2 Å². The average molecular weight is 390 g/mol. The molecule has 0 fully saturated rings. The molecule has 1 aliphatic heterocycles. The van der Waals surface area contributed by atoms with Gasteiger partial charge in [-0.3, -0.25) is 4.79 Å². The number of carbonyl (C=O) groups is 1. The average Bonchev–Trinajstić information content (AvgIpc) is 3.17. The third-order valence-electron chi connectivity index (χ3n) is 4.86. The van der Waals surface area contributed by atoms with Gasteiger partial charge in [0.05, 0.1) is 19.9 Å². The van der Waals surface area contributed by atoms with Gasteiger partial charge >= 0.3 is 0 Å². The standard InChI is InChI=1S/C22H22N4O3/c1-14-12-18(21(27)24-17-9-8-16(28-2)13-20(17)29-3)25-22(23-14)26-11-10-15-6-4-5-7-19(15)26/h4-9,12-13H,10-11H2,1-3H3,(H,24,27). The third kappa shape index (κ3) is 3.71. The molecule has 4 rings (SSSR count). The number of aromatic nitrogens is 2. The Bertz CT molecular complexity index is 1070. The summed E-state index contributed by atoms with van der Waals surface area (Å²) < 4.78 is 10.6. The first-order chi connectivity index (χ1) is 14.1. The molecule has 2 aromatic carbocycles. The number of para-hydroxylation sites is 1. The van der Waals surface area contributed by atoms with E-state index < -0.39 is 0 Å². The minimum absolute atomic E-state index is 0.301. The van der Waals surface area contributed by atoms with E-state index in [1.165, 1.54) is 5.56 Å². The molecule has 0 bridgehead atoms. The monoisotopic (exact) mass is 390 g/mol. The van der Waals surface area contributed by atoms with Crippen molar-refractivity contribution in [1.29, 1.82) is 0 Å². The Morgan fingerprint density at radius 1 is 1.07 bits per heavy atom. The summed E-state index contributed by atoms with van der Waals surface area (Å²) in [5.41, 5.74) is 3.91. The summed E-state index contributed by atoms with van der Waals surface area (Å²) in [6, 6.07) is 15.1. The van der Waals surface area contributed by atoms with E-state index in [0.29, 0.717) is 28.8 Å². The van der Waals surface area contributed by atoms with Crippen LogP contribution in [0.3, 0.4) is 0 Å². The normalized spacial score (nSPS) is 12.4. The van der Waals surface area contributed by atoms with Crippen molar-refractivity contribution in [3.63, 3.8) is 0 Å². The largest absolute Gasteiger partial charge is 0.497 e. The number of hydrogen-bond acceptors (Lipinski definition) is 6. The number of rotatable bonds is 5. The molecule has 0 saturated carbocycles. The zero-order valence-electron chi connectivity index (χ0n) is 16.6. The van der Waals surface area contributed by atoms with Crippen molar-refractivity contribution >= 4 is 23.2 Å². The number of ether oxygens (including phenoxy) is 2. The van der Waals surface area contributed by atoms with Gasteiger partial charge in [-0.05, 0) is 43.2 Å². The van der Waals surface area contributed by atoms with Gasteiger partial charge in [-0.1, -0.05) is 18.2 Å². The van der Waals surface area contributed by atoms with Crippen LogP contribution in [0.2, 0.25) is 0 Å². The summed E-state index contributed by atoms with van der Waals surface area (Å²) in [4.78, 5) is 24.0. The number of benzene rings is 2. The van der Waals surface area contributed by atoms with Crippen LogP contribution in [0.25, 0.3) is 0 Å². The molecule has 29 heavy (non-hydrogen) atoms. The minimum atomic E-state index is -0.326. The maximum atomic E-state index is 12.9. The highest BCUT2D eigenvalue weighted by molar-refractivity contribution is 6.04. The van der Waals surface area contributed by atoms with Gasteiger partial charge in [0, 0.05) is 24.0 Å². The summed E-state index contributed by atoms with van der Waals surface area (Å²) in [5, 5.41) is 2.86. The lowest BCUT2D eigenvalue weighted by Crippen LogP contribution is -2.21. The van der Waals surface area contributed by atoms with Gasteiger partial charge in [0.25, 0.3) is 5.91 Å². The summed E-state index contributed by atoms with van der Waals surface area (Å²) >= 11 is 0. The maximum absolute atomic E-state index is 12.9. The van der Waals surface area contributed by atoms with Gasteiger partial charge < -0.3 is 19.7 Å². The second-order valence-corrected chi connectivity index (χ2v) is 6.75. The Morgan fingerprint density at radius 3 is 2.69 bits per heavy atom. The first-order valence-corrected chi connectivity index (χ1v) is 9.33. The number of fused-ring (bicyclic) bond motifs is 1. The Labute approximate surface area is 169 Å². The molecule has 0 unspecified atom stereocenters. The molecule has 1 amide bonds. The number of carbonyl (C=O) groups excluding carboxylic acids is 1. The maximum Gasteiger partial charge on any atom is 0.274 e. The van der Waals surface area contributed by atoms with E-state index in [2.05, 4.69) is 27.4 Å². The Balaban J connectivity index is 1.62. The lowest BCUT2D eigenvalue weighted by atomic mass is 10.2. The van der Waals surface area contributed by atoms with Crippen molar-refractivity contribution in [1.82, 2.24) is 9.97 Å². The first kappa shape index (κ1) is 18.7. The summed E-state index contributed by atoms with van der Waals surface area (Å²) in [6.45, 7) is 2.65. The van der Waals surface area contributed by atoms with Crippen molar-refractivity contribution in [3.05, 3.63) is 65.5 Å². The Hall–Kier alpha value is -3.61. The van der Waals surface area contributed by atoms with Crippen LogP contribution in [-0.2, 0) is 6.42 Å². The molecule has 3 aromatic rings. The van der Waals surface area contributed by atoms with E-state index in [-0.39, 0.29) is 5.91 Å². The molecule has 0 radical (unpaired) electrons. The number of amides is 1. The molecule has 0 aliphatic carbocycles. The van der Waals surface area contributed by atoms with Crippen LogP contribution in [0.5, 0.6) is 11.5 Å². The molecule has 148 valence electrons. The Kier molecular flexibility index (Phi) is 5.03. The van der Waals surface area contributed by atoms with Gasteiger partial charge in [-0.25, -0.2) is 9.97 Å². The summed E-state index contributed by atoms with van der Waals surface area (Å²) in [6.07, 6.45) is 0.929. The fourth-order valence-corrected chi connectivity index (χ4v) is 3.42. The molecule has 1 aliphatic rings. The van der Waals surface area contributed by atoms with Crippen LogP contribution in [-0.4, -0.2) is 36.6 Å². The smallest absolute Gasteiger partial charge is 0.274 e. The molecule has 7 heteroatoms. The van der Waals surface area contributed by atoms with Crippen molar-refractivity contribution in [2.45, 2.75) is 13.3 Å². The van der Waals surface area contributed by atoms with Crippen molar-refractivity contribution in [3.8, 4) is 11.5 Å². The van der Waals surface area contributed by atoms with Gasteiger partial charge in [-0.2, -0.15) is 0 Å².